The van der Waals surface area contributed by atoms with Crippen LogP contribution in [0.5, 0.6) is 5.75 Å². The molecule has 3 rings (SSSR count). The first-order valence-electron chi connectivity index (χ1n) is 6.45. The number of aryl methyl sites for hydroxylation is 1. The molecule has 0 fully saturated rings. The van der Waals surface area contributed by atoms with Crippen molar-refractivity contribution in [3.8, 4) is 5.75 Å². The van der Waals surface area contributed by atoms with E-state index in [0.717, 1.165) is 0 Å². The Bertz CT molecular complexity index is 732. The maximum atomic E-state index is 13.6. The average molecular weight is 327 g/mol. The molecule has 0 amide bonds. The fraction of sp³-hybridized carbons (Fsp3) is 0.286. The van der Waals surface area contributed by atoms with E-state index >= 15 is 0 Å². The molecule has 0 aliphatic carbocycles. The van der Waals surface area contributed by atoms with Gasteiger partial charge >= 0.3 is 5.97 Å². The van der Waals surface area contributed by atoms with Gasteiger partial charge in [-0.1, -0.05) is 11.6 Å². The number of aromatic nitrogens is 2. The topological polar surface area (TPSA) is 73.4 Å². The molecule has 1 aliphatic heterocycles. The van der Waals surface area contributed by atoms with Gasteiger partial charge in [-0.15, -0.1) is 0 Å². The minimum absolute atomic E-state index is 0.00584. The fourth-order valence-corrected chi connectivity index (χ4v) is 2.29. The van der Waals surface area contributed by atoms with Crippen LogP contribution in [-0.4, -0.2) is 23.0 Å². The number of rotatable bonds is 3. The molecule has 0 radical (unpaired) electrons. The number of carbonyl (C=O) groups excluding carboxylic acids is 1. The van der Waals surface area contributed by atoms with E-state index in [-0.39, 0.29) is 30.7 Å². The molecule has 0 unspecified atom stereocenters. The van der Waals surface area contributed by atoms with E-state index < -0.39 is 11.8 Å². The van der Waals surface area contributed by atoms with Crippen LogP contribution in [0.2, 0.25) is 5.02 Å². The summed E-state index contributed by atoms with van der Waals surface area (Å²) in [5, 5.41) is 6.57. The Labute approximate surface area is 130 Å². The summed E-state index contributed by atoms with van der Waals surface area (Å²) in [6.07, 6.45) is 0. The zero-order chi connectivity index (χ0) is 15.7. The van der Waals surface area contributed by atoms with E-state index in [9.17, 15) is 9.18 Å². The van der Waals surface area contributed by atoms with Crippen molar-refractivity contribution >= 4 is 17.6 Å². The van der Waals surface area contributed by atoms with Gasteiger partial charge in [-0.25, -0.2) is 9.18 Å². The molecule has 6 nitrogen and oxygen atoms in total. The van der Waals surface area contributed by atoms with Gasteiger partial charge in [0.05, 0.1) is 17.3 Å². The highest BCUT2D eigenvalue weighted by molar-refractivity contribution is 6.33. The normalized spacial score (nSPS) is 13.4. The Morgan fingerprint density at radius 2 is 2.36 bits per heavy atom. The number of fused-ring (bicyclic) bond motifs is 1. The molecule has 1 aromatic carbocycles. The molecule has 0 bridgehead atoms. The lowest BCUT2D eigenvalue weighted by atomic mass is 10.1. The zero-order valence-electron chi connectivity index (χ0n) is 11.6. The van der Waals surface area contributed by atoms with Gasteiger partial charge in [0.25, 0.3) is 0 Å². The Morgan fingerprint density at radius 3 is 3.09 bits per heavy atom. The molecule has 1 aromatic heterocycles. The monoisotopic (exact) mass is 326 g/mol. The average Bonchev–Trinajstić information content (AvgIpc) is 2.84. The number of carbonyl (C=O) groups is 1. The predicted octanol–water partition coefficient (Wildman–Crippen LogP) is 2.73. The van der Waals surface area contributed by atoms with Gasteiger partial charge in [0.1, 0.15) is 18.2 Å². The van der Waals surface area contributed by atoms with Crippen molar-refractivity contribution in [3.63, 3.8) is 0 Å². The highest BCUT2D eigenvalue weighted by Crippen LogP contribution is 2.30. The van der Waals surface area contributed by atoms with Crippen LogP contribution in [0.25, 0.3) is 0 Å². The standard InChI is InChI=1S/C14H12ClFN2O4/c1-7-11(15)12(18-17-7)14(19)21-5-9-3-10(16)2-8-4-20-6-22-13(8)9/h2-3H,4-6H2,1H3,(H,17,18). The highest BCUT2D eigenvalue weighted by atomic mass is 35.5. The molecule has 0 saturated carbocycles. The number of benzene rings is 1. The summed E-state index contributed by atoms with van der Waals surface area (Å²) in [4.78, 5) is 12.0. The SMILES string of the molecule is Cc1[nH]nc(C(=O)OCc2cc(F)cc3c2OCOC3)c1Cl. The van der Waals surface area contributed by atoms with Crippen molar-refractivity contribution in [3.05, 3.63) is 45.5 Å². The van der Waals surface area contributed by atoms with Gasteiger partial charge in [-0.05, 0) is 19.1 Å². The van der Waals surface area contributed by atoms with Crippen LogP contribution in [0, 0.1) is 12.7 Å². The Balaban J connectivity index is 1.78. The number of H-pyrrole nitrogens is 1. The summed E-state index contributed by atoms with van der Waals surface area (Å²) in [6.45, 7) is 1.85. The van der Waals surface area contributed by atoms with E-state index in [4.69, 9.17) is 25.8 Å². The molecular formula is C14H12ClFN2O4. The minimum atomic E-state index is -0.695. The molecule has 2 aromatic rings. The van der Waals surface area contributed by atoms with Gasteiger partial charge in [-0.3, -0.25) is 5.10 Å². The first kappa shape index (κ1) is 14.8. The summed E-state index contributed by atoms with van der Waals surface area (Å²) < 4.78 is 29.2. The first-order valence-corrected chi connectivity index (χ1v) is 6.83. The molecule has 1 aliphatic rings. The largest absolute Gasteiger partial charge is 0.467 e. The van der Waals surface area contributed by atoms with Crippen LogP contribution >= 0.6 is 11.6 Å². The Hall–Kier alpha value is -2.12. The quantitative estimate of drug-likeness (QED) is 0.878. The first-order chi connectivity index (χ1) is 10.6. The molecule has 22 heavy (non-hydrogen) atoms. The number of halogens is 2. The Morgan fingerprint density at radius 1 is 1.55 bits per heavy atom. The number of esters is 1. The summed E-state index contributed by atoms with van der Waals surface area (Å²) in [7, 11) is 0. The minimum Gasteiger partial charge on any atom is -0.467 e. The van der Waals surface area contributed by atoms with Crippen LogP contribution in [-0.2, 0) is 22.7 Å². The van der Waals surface area contributed by atoms with E-state index in [1.807, 2.05) is 0 Å². The van der Waals surface area contributed by atoms with E-state index in [0.29, 0.717) is 22.6 Å². The van der Waals surface area contributed by atoms with Crippen molar-refractivity contribution in [2.75, 3.05) is 6.79 Å². The lowest BCUT2D eigenvalue weighted by Gasteiger charge is -2.20. The number of hydrogen-bond acceptors (Lipinski definition) is 5. The predicted molar refractivity (Wildman–Crippen MR) is 74.1 cm³/mol. The zero-order valence-corrected chi connectivity index (χ0v) is 12.4. The third-order valence-corrected chi connectivity index (χ3v) is 3.64. The van der Waals surface area contributed by atoms with Gasteiger partial charge in [0, 0.05) is 11.1 Å². The molecule has 2 heterocycles. The number of nitrogens with zero attached hydrogens (tertiary/aromatic N) is 1. The second kappa shape index (κ2) is 5.94. The number of hydrogen-bond donors (Lipinski definition) is 1. The van der Waals surface area contributed by atoms with Crippen molar-refractivity contribution in [1.82, 2.24) is 10.2 Å². The van der Waals surface area contributed by atoms with Crippen molar-refractivity contribution in [2.45, 2.75) is 20.1 Å². The maximum absolute atomic E-state index is 13.6. The van der Waals surface area contributed by atoms with Crippen LogP contribution in [0.3, 0.4) is 0 Å². The Kier molecular flexibility index (Phi) is 4.00. The molecule has 1 N–H and O–H groups in total. The van der Waals surface area contributed by atoms with Gasteiger partial charge in [-0.2, -0.15) is 5.10 Å². The second-order valence-corrected chi connectivity index (χ2v) is 5.13. The molecule has 0 saturated heterocycles. The smallest absolute Gasteiger partial charge is 0.360 e. The van der Waals surface area contributed by atoms with Crippen molar-refractivity contribution in [1.29, 1.82) is 0 Å². The summed E-state index contributed by atoms with van der Waals surface area (Å²) >= 11 is 5.93. The third-order valence-electron chi connectivity index (χ3n) is 3.18. The second-order valence-electron chi connectivity index (χ2n) is 4.75. The lowest BCUT2D eigenvalue weighted by molar-refractivity contribution is -0.0183. The van der Waals surface area contributed by atoms with Crippen LogP contribution in [0.1, 0.15) is 27.3 Å². The van der Waals surface area contributed by atoms with E-state index in [2.05, 4.69) is 10.2 Å². The number of aromatic amines is 1. The fourth-order valence-electron chi connectivity index (χ4n) is 2.13. The summed E-state index contributed by atoms with van der Waals surface area (Å²) in [5.41, 5.74) is 1.56. The van der Waals surface area contributed by atoms with Crippen molar-refractivity contribution in [2.24, 2.45) is 0 Å². The lowest BCUT2D eigenvalue weighted by Crippen LogP contribution is -2.15. The molecule has 116 valence electrons. The third kappa shape index (κ3) is 2.77. The van der Waals surface area contributed by atoms with E-state index in [1.54, 1.807) is 6.92 Å². The molecule has 0 spiro atoms. The summed E-state index contributed by atoms with van der Waals surface area (Å²) in [5.74, 6) is -0.670. The van der Waals surface area contributed by atoms with Crippen LogP contribution in [0.4, 0.5) is 4.39 Å². The summed E-state index contributed by atoms with van der Waals surface area (Å²) in [6, 6.07) is 2.59. The number of ether oxygens (including phenoxy) is 3. The molecular weight excluding hydrogens is 315 g/mol. The van der Waals surface area contributed by atoms with Gasteiger partial charge < -0.3 is 14.2 Å². The van der Waals surface area contributed by atoms with Gasteiger partial charge in [0.2, 0.25) is 0 Å². The van der Waals surface area contributed by atoms with Crippen molar-refractivity contribution < 1.29 is 23.4 Å². The highest BCUT2D eigenvalue weighted by Gasteiger charge is 2.21. The number of nitrogens with one attached hydrogen (secondary N) is 1. The maximum Gasteiger partial charge on any atom is 0.360 e. The molecule has 0 atom stereocenters. The van der Waals surface area contributed by atoms with Crippen LogP contribution < -0.4 is 4.74 Å². The van der Waals surface area contributed by atoms with E-state index in [1.165, 1.54) is 12.1 Å². The van der Waals surface area contributed by atoms with Crippen LogP contribution in [0.15, 0.2) is 12.1 Å². The molecule has 8 heteroatoms. The van der Waals surface area contributed by atoms with Gasteiger partial charge in [0.15, 0.2) is 12.5 Å².